The Bertz CT molecular complexity index is 769. The molecule has 2 rings (SSSR count). The molecule has 0 bridgehead atoms. The van der Waals surface area contributed by atoms with Gasteiger partial charge in [-0.15, -0.1) is 0 Å². The topological polar surface area (TPSA) is 64.0 Å². The highest BCUT2D eigenvalue weighted by Crippen LogP contribution is 2.23. The number of nitrogens with zero attached hydrogens (tertiary/aromatic N) is 2. The molecule has 0 saturated carbocycles. The molecule has 5 nitrogen and oxygen atoms in total. The molecule has 108 valence electrons. The Morgan fingerprint density at radius 2 is 1.90 bits per heavy atom. The van der Waals surface area contributed by atoms with Gasteiger partial charge in [-0.3, -0.25) is 9.40 Å². The SMILES string of the molecule is Cc1nn(C)c(NS(=O)(=O)c2cccc(F)c2F)c1C. The van der Waals surface area contributed by atoms with Gasteiger partial charge >= 0.3 is 0 Å². The minimum absolute atomic E-state index is 0.214. The molecule has 1 aromatic carbocycles. The molecule has 2 aromatic rings. The third kappa shape index (κ3) is 2.38. The summed E-state index contributed by atoms with van der Waals surface area (Å²) in [5.74, 6) is -2.41. The minimum Gasteiger partial charge on any atom is -0.263 e. The summed E-state index contributed by atoms with van der Waals surface area (Å²) in [6.45, 7) is 3.40. The molecule has 0 saturated heterocycles. The lowest BCUT2D eigenvalue weighted by Crippen LogP contribution is -2.17. The Morgan fingerprint density at radius 1 is 1.25 bits per heavy atom. The maximum absolute atomic E-state index is 13.6. The van der Waals surface area contributed by atoms with Crippen molar-refractivity contribution in [2.75, 3.05) is 4.72 Å². The lowest BCUT2D eigenvalue weighted by molar-refractivity contribution is 0.485. The normalized spacial score (nSPS) is 11.7. The van der Waals surface area contributed by atoms with Crippen LogP contribution in [0.5, 0.6) is 0 Å². The van der Waals surface area contributed by atoms with Crippen molar-refractivity contribution in [2.45, 2.75) is 18.7 Å². The van der Waals surface area contributed by atoms with Crippen molar-refractivity contribution < 1.29 is 17.2 Å². The standard InChI is InChI=1S/C12H13F2N3O2S/c1-7-8(2)15-17(3)12(7)16-20(18,19)10-6-4-5-9(13)11(10)14/h4-6,16H,1-3H3. The molecule has 0 amide bonds. The highest BCUT2D eigenvalue weighted by atomic mass is 32.2. The van der Waals surface area contributed by atoms with Crippen molar-refractivity contribution in [3.8, 4) is 0 Å². The summed E-state index contributed by atoms with van der Waals surface area (Å²) in [7, 11) is -2.67. The number of halogens is 2. The molecule has 0 aliphatic rings. The van der Waals surface area contributed by atoms with Gasteiger partial charge in [0.1, 0.15) is 10.7 Å². The van der Waals surface area contributed by atoms with Crippen molar-refractivity contribution in [1.82, 2.24) is 9.78 Å². The number of nitrogens with one attached hydrogen (secondary N) is 1. The van der Waals surface area contributed by atoms with Gasteiger partial charge in [0.2, 0.25) is 0 Å². The number of anilines is 1. The summed E-state index contributed by atoms with van der Waals surface area (Å²) in [6.07, 6.45) is 0. The number of hydrogen-bond acceptors (Lipinski definition) is 3. The fourth-order valence-corrected chi connectivity index (χ4v) is 3.02. The van der Waals surface area contributed by atoms with Crippen molar-refractivity contribution in [1.29, 1.82) is 0 Å². The second-order valence-corrected chi connectivity index (χ2v) is 5.99. The van der Waals surface area contributed by atoms with Gasteiger partial charge in [-0.1, -0.05) is 6.07 Å². The van der Waals surface area contributed by atoms with Crippen LogP contribution >= 0.6 is 0 Å². The van der Waals surface area contributed by atoms with Crippen LogP contribution in [0.1, 0.15) is 11.3 Å². The number of sulfonamides is 1. The summed E-state index contributed by atoms with van der Waals surface area (Å²) in [5.41, 5.74) is 1.26. The molecule has 8 heteroatoms. The first kappa shape index (κ1) is 14.4. The molecular weight excluding hydrogens is 288 g/mol. The number of benzene rings is 1. The first-order chi connectivity index (χ1) is 9.24. The predicted molar refractivity (Wildman–Crippen MR) is 69.8 cm³/mol. The highest BCUT2D eigenvalue weighted by Gasteiger charge is 2.24. The van der Waals surface area contributed by atoms with Crippen molar-refractivity contribution in [3.63, 3.8) is 0 Å². The molecule has 0 unspecified atom stereocenters. The van der Waals surface area contributed by atoms with E-state index in [1.54, 1.807) is 20.9 Å². The van der Waals surface area contributed by atoms with E-state index < -0.39 is 26.6 Å². The van der Waals surface area contributed by atoms with Crippen molar-refractivity contribution in [3.05, 3.63) is 41.1 Å². The Hall–Kier alpha value is -1.96. The second kappa shape index (κ2) is 4.86. The molecular formula is C12H13F2N3O2S. The van der Waals surface area contributed by atoms with Crippen LogP contribution in [0.4, 0.5) is 14.6 Å². The van der Waals surface area contributed by atoms with Gasteiger partial charge in [-0.25, -0.2) is 17.2 Å². The highest BCUT2D eigenvalue weighted by molar-refractivity contribution is 7.92. The molecule has 0 aliphatic heterocycles. The summed E-state index contributed by atoms with van der Waals surface area (Å²) in [4.78, 5) is -0.740. The largest absolute Gasteiger partial charge is 0.266 e. The zero-order valence-corrected chi connectivity index (χ0v) is 11.9. The molecule has 1 aromatic heterocycles. The Labute approximate surface area is 115 Å². The van der Waals surface area contributed by atoms with Crippen LogP contribution in [0.15, 0.2) is 23.1 Å². The Kier molecular flexibility index (Phi) is 3.51. The number of rotatable bonds is 3. The van der Waals surface area contributed by atoms with E-state index in [4.69, 9.17) is 0 Å². The fraction of sp³-hybridized carbons (Fsp3) is 0.250. The third-order valence-electron chi connectivity index (χ3n) is 2.96. The van der Waals surface area contributed by atoms with Gasteiger partial charge in [0.15, 0.2) is 11.6 Å². The molecule has 1 N–H and O–H groups in total. The lowest BCUT2D eigenvalue weighted by Gasteiger charge is -2.10. The van der Waals surface area contributed by atoms with E-state index in [9.17, 15) is 17.2 Å². The smallest absolute Gasteiger partial charge is 0.263 e. The van der Waals surface area contributed by atoms with E-state index in [-0.39, 0.29) is 5.82 Å². The molecule has 1 heterocycles. The van der Waals surface area contributed by atoms with E-state index in [0.29, 0.717) is 11.3 Å². The van der Waals surface area contributed by atoms with Crippen LogP contribution in [0.2, 0.25) is 0 Å². The van der Waals surface area contributed by atoms with Gasteiger partial charge in [0, 0.05) is 12.6 Å². The number of aromatic nitrogens is 2. The van der Waals surface area contributed by atoms with Gasteiger partial charge in [0.25, 0.3) is 10.0 Å². The van der Waals surface area contributed by atoms with Gasteiger partial charge in [0.05, 0.1) is 5.69 Å². The molecule has 0 aliphatic carbocycles. The predicted octanol–water partition coefficient (Wildman–Crippen LogP) is 2.12. The van der Waals surface area contributed by atoms with Crippen LogP contribution in [-0.4, -0.2) is 18.2 Å². The monoisotopic (exact) mass is 301 g/mol. The van der Waals surface area contributed by atoms with Crippen LogP contribution in [0, 0.1) is 25.5 Å². The average Bonchev–Trinajstić information content (AvgIpc) is 2.59. The zero-order chi connectivity index (χ0) is 15.1. The fourth-order valence-electron chi connectivity index (χ4n) is 1.78. The van der Waals surface area contributed by atoms with Crippen LogP contribution in [0.3, 0.4) is 0 Å². The maximum Gasteiger partial charge on any atom is 0.266 e. The number of hydrogen-bond donors (Lipinski definition) is 1. The van der Waals surface area contributed by atoms with E-state index in [2.05, 4.69) is 9.82 Å². The van der Waals surface area contributed by atoms with E-state index >= 15 is 0 Å². The molecule has 0 atom stereocenters. The average molecular weight is 301 g/mol. The summed E-state index contributed by atoms with van der Waals surface area (Å²) in [5, 5.41) is 4.05. The third-order valence-corrected chi connectivity index (χ3v) is 4.31. The molecule has 20 heavy (non-hydrogen) atoms. The number of aryl methyl sites for hydroxylation is 2. The Balaban J connectivity index is 2.49. The van der Waals surface area contributed by atoms with Crippen LogP contribution < -0.4 is 4.72 Å². The van der Waals surface area contributed by atoms with Crippen LogP contribution in [0.25, 0.3) is 0 Å². The maximum atomic E-state index is 13.6. The van der Waals surface area contributed by atoms with E-state index in [1.165, 1.54) is 4.68 Å². The molecule has 0 fully saturated rings. The summed E-state index contributed by atoms with van der Waals surface area (Å²) in [6, 6.07) is 2.99. The van der Waals surface area contributed by atoms with E-state index in [0.717, 1.165) is 18.2 Å². The quantitative estimate of drug-likeness (QED) is 0.944. The summed E-state index contributed by atoms with van der Waals surface area (Å²) < 4.78 is 54.5. The van der Waals surface area contributed by atoms with Crippen LogP contribution in [-0.2, 0) is 17.1 Å². The summed E-state index contributed by atoms with van der Waals surface area (Å²) >= 11 is 0. The van der Waals surface area contributed by atoms with Crippen molar-refractivity contribution in [2.24, 2.45) is 7.05 Å². The first-order valence-electron chi connectivity index (χ1n) is 5.71. The van der Waals surface area contributed by atoms with Gasteiger partial charge in [-0.2, -0.15) is 5.10 Å². The zero-order valence-electron chi connectivity index (χ0n) is 11.1. The van der Waals surface area contributed by atoms with Gasteiger partial charge in [-0.05, 0) is 26.0 Å². The van der Waals surface area contributed by atoms with Gasteiger partial charge < -0.3 is 0 Å². The Morgan fingerprint density at radius 3 is 2.45 bits per heavy atom. The van der Waals surface area contributed by atoms with Crippen molar-refractivity contribution >= 4 is 15.8 Å². The second-order valence-electron chi connectivity index (χ2n) is 4.34. The molecule has 0 radical (unpaired) electrons. The minimum atomic E-state index is -4.22. The lowest BCUT2D eigenvalue weighted by atomic mass is 10.3. The molecule has 0 spiro atoms. The van der Waals surface area contributed by atoms with E-state index in [1.807, 2.05) is 0 Å². The first-order valence-corrected chi connectivity index (χ1v) is 7.19.